The number of ether oxygens (including phenoxy) is 2. The average molecular weight is 561 g/mol. The highest BCUT2D eigenvalue weighted by molar-refractivity contribution is 6.42. The maximum atomic E-state index is 14.6. The largest absolute Gasteiger partial charge is 0.484 e. The Balaban J connectivity index is 1.69. The van der Waals surface area contributed by atoms with Crippen molar-refractivity contribution in [1.82, 2.24) is 14.9 Å². The van der Waals surface area contributed by atoms with Gasteiger partial charge in [0.25, 0.3) is 0 Å². The number of carbonyl (C=O) groups excluding carboxylic acids is 1. The Hall–Kier alpha value is -3.05. The lowest BCUT2D eigenvalue weighted by molar-refractivity contribution is -0.153. The van der Waals surface area contributed by atoms with Crippen LogP contribution in [-0.2, 0) is 4.74 Å². The molecule has 0 saturated carbocycles. The summed E-state index contributed by atoms with van der Waals surface area (Å²) in [5.41, 5.74) is -0.0107. The summed E-state index contributed by atoms with van der Waals surface area (Å²) < 4.78 is 63.9. The first-order valence-corrected chi connectivity index (χ1v) is 11.8. The van der Waals surface area contributed by atoms with E-state index in [0.717, 1.165) is 0 Å². The molecule has 1 amide bonds. The van der Waals surface area contributed by atoms with Crippen molar-refractivity contribution in [2.24, 2.45) is 0 Å². The number of amides is 1. The molecule has 0 unspecified atom stereocenters. The number of nitrogens with zero attached hydrogens (tertiary/aromatic N) is 3. The molecule has 13 heteroatoms. The Kier molecular flexibility index (Phi) is 7.31. The van der Waals surface area contributed by atoms with Crippen molar-refractivity contribution in [2.75, 3.05) is 25.0 Å². The van der Waals surface area contributed by atoms with E-state index < -0.39 is 30.3 Å². The molecule has 198 valence electrons. The number of anilines is 2. The summed E-state index contributed by atoms with van der Waals surface area (Å²) in [6, 6.07) is 5.73. The van der Waals surface area contributed by atoms with Crippen LogP contribution in [0.15, 0.2) is 30.6 Å². The van der Waals surface area contributed by atoms with E-state index in [9.17, 15) is 22.4 Å². The molecule has 0 bridgehead atoms. The first-order chi connectivity index (χ1) is 17.2. The molecule has 0 spiro atoms. The van der Waals surface area contributed by atoms with Crippen LogP contribution in [0, 0.1) is 5.82 Å². The third-order valence-corrected chi connectivity index (χ3v) is 6.20. The zero-order chi connectivity index (χ0) is 27.1. The monoisotopic (exact) mass is 560 g/mol. The summed E-state index contributed by atoms with van der Waals surface area (Å²) in [6.45, 7) is 4.12. The second-order valence-electron chi connectivity index (χ2n) is 9.46. The number of nitrogens with one attached hydrogen (secondary N) is 1. The molecular formula is C24H22Cl2F4N4O3. The SMILES string of the molecule is CC(C)(C)OC(=O)N1CC(c2cc3c(Nc4ccc(Cl)c(Cl)c4F)ncnc3cc2OCC(F)(F)F)C1. The summed E-state index contributed by atoms with van der Waals surface area (Å²) in [4.78, 5) is 22.1. The lowest BCUT2D eigenvalue weighted by Crippen LogP contribution is -2.50. The second-order valence-corrected chi connectivity index (χ2v) is 10.2. The summed E-state index contributed by atoms with van der Waals surface area (Å²) in [5, 5.41) is 3.00. The van der Waals surface area contributed by atoms with E-state index in [0.29, 0.717) is 10.9 Å². The van der Waals surface area contributed by atoms with Crippen LogP contribution >= 0.6 is 23.2 Å². The predicted octanol–water partition coefficient (Wildman–Crippen LogP) is 7.09. The van der Waals surface area contributed by atoms with Crippen molar-refractivity contribution in [1.29, 1.82) is 0 Å². The molecule has 3 aromatic rings. The van der Waals surface area contributed by atoms with Gasteiger partial charge in [-0.1, -0.05) is 23.2 Å². The molecule has 1 aliphatic heterocycles. The second kappa shape index (κ2) is 10.0. The van der Waals surface area contributed by atoms with E-state index in [1.165, 1.54) is 29.4 Å². The highest BCUT2D eigenvalue weighted by Gasteiger charge is 2.37. The Bertz CT molecular complexity index is 1340. The molecule has 1 fully saturated rings. The summed E-state index contributed by atoms with van der Waals surface area (Å²) in [6.07, 6.45) is -3.90. The Morgan fingerprint density at radius 1 is 1.16 bits per heavy atom. The molecule has 1 aromatic heterocycles. The number of alkyl halides is 3. The first-order valence-electron chi connectivity index (χ1n) is 11.1. The van der Waals surface area contributed by atoms with Gasteiger partial charge in [0.2, 0.25) is 0 Å². The highest BCUT2D eigenvalue weighted by Crippen LogP contribution is 2.39. The number of hydrogen-bond acceptors (Lipinski definition) is 6. The number of hydrogen-bond donors (Lipinski definition) is 1. The van der Waals surface area contributed by atoms with Crippen LogP contribution in [0.1, 0.15) is 32.3 Å². The van der Waals surface area contributed by atoms with Crippen LogP contribution in [0.4, 0.5) is 33.9 Å². The van der Waals surface area contributed by atoms with E-state index in [1.54, 1.807) is 26.8 Å². The molecule has 37 heavy (non-hydrogen) atoms. The van der Waals surface area contributed by atoms with Gasteiger partial charge in [0.1, 0.15) is 23.5 Å². The van der Waals surface area contributed by atoms with E-state index in [1.807, 2.05) is 0 Å². The van der Waals surface area contributed by atoms with E-state index >= 15 is 0 Å². The van der Waals surface area contributed by atoms with Gasteiger partial charge in [-0.3, -0.25) is 0 Å². The molecule has 2 heterocycles. The lowest BCUT2D eigenvalue weighted by atomic mass is 9.90. The van der Waals surface area contributed by atoms with Crippen LogP contribution in [0.5, 0.6) is 5.75 Å². The highest BCUT2D eigenvalue weighted by atomic mass is 35.5. The minimum atomic E-state index is -4.56. The number of aromatic nitrogens is 2. The number of rotatable bonds is 5. The Morgan fingerprint density at radius 2 is 1.86 bits per heavy atom. The Morgan fingerprint density at radius 3 is 2.51 bits per heavy atom. The van der Waals surface area contributed by atoms with Gasteiger partial charge in [0.15, 0.2) is 12.4 Å². The first kappa shape index (κ1) is 27.0. The number of fused-ring (bicyclic) bond motifs is 1. The molecule has 0 atom stereocenters. The van der Waals surface area contributed by atoms with Gasteiger partial charge in [0.05, 0.1) is 21.2 Å². The lowest BCUT2D eigenvalue weighted by Gasteiger charge is -2.40. The standard InChI is InChI=1S/C24H22Cl2F4N4O3/c1-23(2,3)37-22(35)34-8-12(9-34)13-6-14-17(7-18(13)36-10-24(28,29)30)31-11-32-21(14)33-16-5-4-15(25)19(26)20(16)27/h4-7,11-12H,8-10H2,1-3H3,(H,31,32,33). The van der Waals surface area contributed by atoms with Crippen molar-refractivity contribution in [3.8, 4) is 5.75 Å². The fourth-order valence-corrected chi connectivity index (χ4v) is 4.02. The van der Waals surface area contributed by atoms with E-state index in [4.69, 9.17) is 32.7 Å². The molecular weight excluding hydrogens is 539 g/mol. The summed E-state index contributed by atoms with van der Waals surface area (Å²) in [5.74, 6) is -0.966. The van der Waals surface area contributed by atoms with Gasteiger partial charge >= 0.3 is 12.3 Å². The van der Waals surface area contributed by atoms with Crippen molar-refractivity contribution in [3.05, 3.63) is 52.0 Å². The average Bonchev–Trinajstić information content (AvgIpc) is 2.75. The van der Waals surface area contributed by atoms with Gasteiger partial charge < -0.3 is 19.7 Å². The predicted molar refractivity (Wildman–Crippen MR) is 131 cm³/mol. The van der Waals surface area contributed by atoms with Gasteiger partial charge in [-0.05, 0) is 39.0 Å². The molecule has 4 rings (SSSR count). The van der Waals surface area contributed by atoms with Gasteiger partial charge in [-0.2, -0.15) is 13.2 Å². The minimum absolute atomic E-state index is 0.00640. The maximum absolute atomic E-state index is 14.6. The number of halogens is 6. The molecule has 7 nitrogen and oxygen atoms in total. The maximum Gasteiger partial charge on any atom is 0.422 e. The molecule has 2 aromatic carbocycles. The van der Waals surface area contributed by atoms with Crippen LogP contribution in [0.25, 0.3) is 10.9 Å². The van der Waals surface area contributed by atoms with Crippen molar-refractivity contribution in [3.63, 3.8) is 0 Å². The summed E-state index contributed by atoms with van der Waals surface area (Å²) in [7, 11) is 0. The van der Waals surface area contributed by atoms with Crippen LogP contribution in [0.2, 0.25) is 10.0 Å². The molecule has 1 saturated heterocycles. The minimum Gasteiger partial charge on any atom is -0.484 e. The smallest absolute Gasteiger partial charge is 0.422 e. The number of carbonyl (C=O) groups is 1. The number of benzene rings is 2. The Labute approximate surface area is 219 Å². The zero-order valence-corrected chi connectivity index (χ0v) is 21.4. The molecule has 0 radical (unpaired) electrons. The van der Waals surface area contributed by atoms with Crippen LogP contribution < -0.4 is 10.1 Å². The van der Waals surface area contributed by atoms with Crippen LogP contribution in [-0.4, -0.2) is 52.4 Å². The van der Waals surface area contributed by atoms with Crippen molar-refractivity contribution < 1.29 is 31.8 Å². The fraction of sp³-hybridized carbons (Fsp3) is 0.375. The van der Waals surface area contributed by atoms with Crippen LogP contribution in [0.3, 0.4) is 0 Å². The van der Waals surface area contributed by atoms with Gasteiger partial charge in [-0.25, -0.2) is 19.2 Å². The number of likely N-dealkylation sites (tertiary alicyclic amines) is 1. The van der Waals surface area contributed by atoms with Crippen molar-refractivity contribution in [2.45, 2.75) is 38.5 Å². The summed E-state index contributed by atoms with van der Waals surface area (Å²) >= 11 is 11.8. The zero-order valence-electron chi connectivity index (χ0n) is 19.9. The quantitative estimate of drug-likeness (QED) is 0.265. The third kappa shape index (κ3) is 6.27. The van der Waals surface area contributed by atoms with E-state index in [-0.39, 0.29) is 51.8 Å². The topological polar surface area (TPSA) is 76.6 Å². The molecule has 0 aliphatic carbocycles. The van der Waals surface area contributed by atoms with E-state index in [2.05, 4.69) is 15.3 Å². The molecule has 1 N–H and O–H groups in total. The van der Waals surface area contributed by atoms with Crippen molar-refractivity contribution >= 4 is 51.7 Å². The van der Waals surface area contributed by atoms with Gasteiger partial charge in [0, 0.05) is 36.0 Å². The fourth-order valence-electron chi connectivity index (χ4n) is 3.70. The third-order valence-electron chi connectivity index (χ3n) is 5.42. The van der Waals surface area contributed by atoms with Gasteiger partial charge in [-0.15, -0.1) is 0 Å². The molecule has 1 aliphatic rings. The normalized spacial score (nSPS) is 14.5.